The molecule has 1 amide bonds. The van der Waals surface area contributed by atoms with E-state index in [1.165, 1.54) is 6.07 Å². The Morgan fingerprint density at radius 3 is 2.89 bits per heavy atom. The van der Waals surface area contributed by atoms with E-state index in [1.54, 1.807) is 6.07 Å². The number of pyridine rings is 1. The number of rotatable bonds is 7. The summed E-state index contributed by atoms with van der Waals surface area (Å²) >= 11 is 0.964. The number of amides is 1. The van der Waals surface area contributed by atoms with E-state index >= 15 is 0 Å². The first-order valence-corrected chi connectivity index (χ1v) is 6.33. The lowest BCUT2D eigenvalue weighted by molar-refractivity contribution is -0.388. The van der Waals surface area contributed by atoms with Gasteiger partial charge in [-0.3, -0.25) is 14.9 Å². The fourth-order valence-electron chi connectivity index (χ4n) is 1.17. The van der Waals surface area contributed by atoms with Crippen LogP contribution in [0.15, 0.2) is 17.2 Å². The second kappa shape index (κ2) is 6.80. The zero-order valence-corrected chi connectivity index (χ0v) is 10.7. The molecule has 1 aromatic heterocycles. The number of primary amides is 1. The second-order valence-corrected chi connectivity index (χ2v) is 4.42. The lowest BCUT2D eigenvalue weighted by Gasteiger charge is -2.06. The Kier molecular flexibility index (Phi) is 5.37. The average molecular weight is 270 g/mol. The number of nitrogens with zero attached hydrogens (tertiary/aromatic N) is 2. The van der Waals surface area contributed by atoms with Crippen LogP contribution >= 0.6 is 11.8 Å². The highest BCUT2D eigenvalue weighted by atomic mass is 32.2. The third kappa shape index (κ3) is 4.21. The van der Waals surface area contributed by atoms with Gasteiger partial charge in [-0.2, -0.15) is 0 Å². The smallest absolute Gasteiger partial charge is 0.301 e. The Labute approximate surface area is 108 Å². The molecule has 7 nitrogen and oxygen atoms in total. The predicted molar refractivity (Wildman–Crippen MR) is 69.6 cm³/mol. The summed E-state index contributed by atoms with van der Waals surface area (Å²) in [4.78, 5) is 25.1. The van der Waals surface area contributed by atoms with Crippen LogP contribution in [-0.2, 0) is 4.79 Å². The summed E-state index contributed by atoms with van der Waals surface area (Å²) in [6.07, 6.45) is 0.919. The van der Waals surface area contributed by atoms with Gasteiger partial charge in [0.2, 0.25) is 5.91 Å². The van der Waals surface area contributed by atoms with Gasteiger partial charge in [-0.25, -0.2) is 4.98 Å². The van der Waals surface area contributed by atoms with E-state index in [0.29, 0.717) is 5.82 Å². The van der Waals surface area contributed by atoms with Gasteiger partial charge in [0.25, 0.3) is 0 Å². The van der Waals surface area contributed by atoms with E-state index in [-0.39, 0.29) is 16.5 Å². The van der Waals surface area contributed by atoms with Crippen LogP contribution < -0.4 is 11.1 Å². The first kappa shape index (κ1) is 14.2. The summed E-state index contributed by atoms with van der Waals surface area (Å²) < 4.78 is 0. The maximum atomic E-state index is 10.8. The van der Waals surface area contributed by atoms with Gasteiger partial charge >= 0.3 is 5.69 Å². The normalized spacial score (nSPS) is 10.1. The zero-order chi connectivity index (χ0) is 13.5. The van der Waals surface area contributed by atoms with Crippen molar-refractivity contribution < 1.29 is 9.72 Å². The molecular formula is C10H14N4O3S. The Hall–Kier alpha value is -1.83. The van der Waals surface area contributed by atoms with Crippen molar-refractivity contribution in [2.75, 3.05) is 17.6 Å². The molecule has 0 radical (unpaired) electrons. The molecule has 1 aromatic rings. The standard InChI is InChI=1S/C10H14N4O3S/c1-2-5-12-9-4-3-7(14(16)17)10(13-9)18-6-8(11)15/h3-4H,2,5-6H2,1H3,(H2,11,15)(H,12,13). The molecule has 0 aliphatic heterocycles. The minimum atomic E-state index is -0.539. The molecule has 0 aliphatic rings. The van der Waals surface area contributed by atoms with Crippen molar-refractivity contribution in [3.8, 4) is 0 Å². The lowest BCUT2D eigenvalue weighted by Crippen LogP contribution is -2.13. The Morgan fingerprint density at radius 2 is 2.33 bits per heavy atom. The molecule has 0 bridgehead atoms. The van der Waals surface area contributed by atoms with Crippen molar-refractivity contribution in [3.05, 3.63) is 22.2 Å². The minimum Gasteiger partial charge on any atom is -0.370 e. The maximum absolute atomic E-state index is 10.8. The summed E-state index contributed by atoms with van der Waals surface area (Å²) in [7, 11) is 0. The van der Waals surface area contributed by atoms with Crippen molar-refractivity contribution in [3.63, 3.8) is 0 Å². The summed E-state index contributed by atoms with van der Waals surface area (Å²) in [6, 6.07) is 2.91. The average Bonchev–Trinajstić information content (AvgIpc) is 2.33. The number of anilines is 1. The zero-order valence-electron chi connectivity index (χ0n) is 9.88. The van der Waals surface area contributed by atoms with E-state index in [4.69, 9.17) is 5.73 Å². The van der Waals surface area contributed by atoms with Crippen LogP contribution in [0.3, 0.4) is 0 Å². The quantitative estimate of drug-likeness (QED) is 0.440. The largest absolute Gasteiger partial charge is 0.370 e. The number of carbonyl (C=O) groups excluding carboxylic acids is 1. The van der Waals surface area contributed by atoms with Gasteiger partial charge in [0.15, 0.2) is 5.03 Å². The molecule has 98 valence electrons. The monoisotopic (exact) mass is 270 g/mol. The highest BCUT2D eigenvalue weighted by molar-refractivity contribution is 8.00. The van der Waals surface area contributed by atoms with E-state index in [9.17, 15) is 14.9 Å². The summed E-state index contributed by atoms with van der Waals surface area (Å²) in [5.41, 5.74) is 4.89. The molecule has 8 heteroatoms. The molecule has 0 aliphatic carbocycles. The summed E-state index contributed by atoms with van der Waals surface area (Å²) in [5.74, 6) is -0.0251. The van der Waals surface area contributed by atoms with Crippen molar-refractivity contribution >= 4 is 29.2 Å². The van der Waals surface area contributed by atoms with E-state index < -0.39 is 10.8 Å². The van der Waals surface area contributed by atoms with Crippen LogP contribution in [0.1, 0.15) is 13.3 Å². The Morgan fingerprint density at radius 1 is 1.61 bits per heavy atom. The molecular weight excluding hydrogens is 256 g/mol. The Balaban J connectivity index is 2.92. The molecule has 0 saturated heterocycles. The summed E-state index contributed by atoms with van der Waals surface area (Å²) in [6.45, 7) is 2.73. The number of carbonyl (C=O) groups is 1. The SMILES string of the molecule is CCCNc1ccc([N+](=O)[O-])c(SCC(N)=O)n1. The molecule has 1 rings (SSSR count). The van der Waals surface area contributed by atoms with E-state index in [1.807, 2.05) is 6.92 Å². The van der Waals surface area contributed by atoms with Crippen molar-refractivity contribution in [1.29, 1.82) is 0 Å². The van der Waals surface area contributed by atoms with Gasteiger partial charge in [-0.1, -0.05) is 18.7 Å². The predicted octanol–water partition coefficient (Wildman–Crippen LogP) is 1.39. The van der Waals surface area contributed by atoms with Gasteiger partial charge < -0.3 is 11.1 Å². The first-order chi connectivity index (χ1) is 8.54. The van der Waals surface area contributed by atoms with Crippen LogP contribution in [0, 0.1) is 10.1 Å². The van der Waals surface area contributed by atoms with Gasteiger partial charge in [-0.15, -0.1) is 0 Å². The number of aromatic nitrogens is 1. The fraction of sp³-hybridized carbons (Fsp3) is 0.400. The van der Waals surface area contributed by atoms with Crippen LogP contribution in [0.4, 0.5) is 11.5 Å². The van der Waals surface area contributed by atoms with Crippen molar-refractivity contribution in [2.24, 2.45) is 5.73 Å². The molecule has 18 heavy (non-hydrogen) atoms. The van der Waals surface area contributed by atoms with Crippen molar-refractivity contribution in [1.82, 2.24) is 4.98 Å². The number of hydrogen-bond acceptors (Lipinski definition) is 6. The van der Waals surface area contributed by atoms with Crippen LogP contribution in [-0.4, -0.2) is 28.1 Å². The lowest BCUT2D eigenvalue weighted by atomic mass is 10.4. The highest BCUT2D eigenvalue weighted by Crippen LogP contribution is 2.28. The second-order valence-electron chi connectivity index (χ2n) is 3.46. The number of nitrogens with one attached hydrogen (secondary N) is 1. The minimum absolute atomic E-state index is 0.0366. The number of nitro groups is 1. The Bertz CT molecular complexity index is 453. The van der Waals surface area contributed by atoms with Gasteiger partial charge in [0.1, 0.15) is 5.82 Å². The van der Waals surface area contributed by atoms with Gasteiger partial charge in [0, 0.05) is 12.6 Å². The maximum Gasteiger partial charge on any atom is 0.301 e. The number of nitrogens with two attached hydrogens (primary N) is 1. The van der Waals surface area contributed by atoms with Gasteiger partial charge in [-0.05, 0) is 12.5 Å². The molecule has 0 aromatic carbocycles. The van der Waals surface area contributed by atoms with Crippen molar-refractivity contribution in [2.45, 2.75) is 18.4 Å². The third-order valence-electron chi connectivity index (χ3n) is 1.94. The first-order valence-electron chi connectivity index (χ1n) is 5.35. The molecule has 0 spiro atoms. The van der Waals surface area contributed by atoms with Gasteiger partial charge in [0.05, 0.1) is 10.7 Å². The molecule has 3 N–H and O–H groups in total. The van der Waals surface area contributed by atoms with Crippen LogP contribution in [0.25, 0.3) is 0 Å². The fourth-order valence-corrected chi connectivity index (χ4v) is 1.90. The van der Waals surface area contributed by atoms with E-state index in [0.717, 1.165) is 24.7 Å². The molecule has 0 fully saturated rings. The van der Waals surface area contributed by atoms with Crippen LogP contribution in [0.2, 0.25) is 0 Å². The molecule has 0 saturated carbocycles. The van der Waals surface area contributed by atoms with Crippen LogP contribution in [0.5, 0.6) is 0 Å². The topological polar surface area (TPSA) is 111 Å². The third-order valence-corrected chi connectivity index (χ3v) is 2.95. The molecule has 0 unspecified atom stereocenters. The number of thioether (sulfide) groups is 1. The number of hydrogen-bond donors (Lipinski definition) is 2. The summed E-state index contributed by atoms with van der Waals surface area (Å²) in [5, 5.41) is 14.0. The highest BCUT2D eigenvalue weighted by Gasteiger charge is 2.17. The van der Waals surface area contributed by atoms with E-state index in [2.05, 4.69) is 10.3 Å². The molecule has 1 heterocycles. The molecule has 0 atom stereocenters.